The van der Waals surface area contributed by atoms with E-state index in [2.05, 4.69) is 0 Å². The Hall–Kier alpha value is -2.99. The van der Waals surface area contributed by atoms with E-state index in [-0.39, 0.29) is 18.2 Å². The number of aromatic nitrogens is 1. The third-order valence-electron chi connectivity index (χ3n) is 5.98. The van der Waals surface area contributed by atoms with Crippen molar-refractivity contribution in [2.24, 2.45) is 18.2 Å². The fourth-order valence-electron chi connectivity index (χ4n) is 4.51. The van der Waals surface area contributed by atoms with Gasteiger partial charge in [-0.05, 0) is 43.2 Å². The summed E-state index contributed by atoms with van der Waals surface area (Å²) >= 11 is 5.95. The summed E-state index contributed by atoms with van der Waals surface area (Å²) in [5, 5.41) is 1.56. The van der Waals surface area contributed by atoms with Crippen LogP contribution in [0.2, 0.25) is 5.02 Å². The second-order valence-electron chi connectivity index (χ2n) is 8.39. The zero-order valence-corrected chi connectivity index (χ0v) is 18.3. The number of piperidine rings is 1. The standard InChI is InChI=1S/C24H26ClN3O3/c1-27-14-20(19-5-2-3-6-21(19)27)23(30)28-12-4-11-24(15-28,13-22(26)29)16-31-18-9-7-17(25)8-10-18/h2-3,5-10,14H,4,11-13,15-16H2,1H3,(H2,26,29)/t24-/m0/s1. The molecule has 0 radical (unpaired) electrons. The van der Waals surface area contributed by atoms with Crippen molar-refractivity contribution in [2.75, 3.05) is 19.7 Å². The first-order valence-corrected chi connectivity index (χ1v) is 10.7. The first-order valence-electron chi connectivity index (χ1n) is 10.4. The van der Waals surface area contributed by atoms with Gasteiger partial charge in [-0.3, -0.25) is 9.59 Å². The van der Waals surface area contributed by atoms with Crippen molar-refractivity contribution in [2.45, 2.75) is 19.3 Å². The molecule has 2 amide bonds. The lowest BCUT2D eigenvalue weighted by Gasteiger charge is -2.42. The molecule has 7 heteroatoms. The smallest absolute Gasteiger partial charge is 0.256 e. The third kappa shape index (κ3) is 4.54. The number of carbonyl (C=O) groups is 2. The van der Waals surface area contributed by atoms with Gasteiger partial charge in [0.2, 0.25) is 5.91 Å². The monoisotopic (exact) mass is 439 g/mol. The molecule has 1 aliphatic rings. The van der Waals surface area contributed by atoms with Crippen molar-refractivity contribution < 1.29 is 14.3 Å². The summed E-state index contributed by atoms with van der Waals surface area (Å²) < 4.78 is 7.97. The van der Waals surface area contributed by atoms with Gasteiger partial charge >= 0.3 is 0 Å². The number of hydrogen-bond donors (Lipinski definition) is 1. The van der Waals surface area contributed by atoms with Crippen molar-refractivity contribution in [1.29, 1.82) is 0 Å². The Morgan fingerprint density at radius 2 is 1.90 bits per heavy atom. The van der Waals surface area contributed by atoms with E-state index in [9.17, 15) is 9.59 Å². The van der Waals surface area contributed by atoms with E-state index in [1.54, 1.807) is 24.3 Å². The molecule has 2 heterocycles. The number of hydrogen-bond acceptors (Lipinski definition) is 3. The Balaban J connectivity index is 1.57. The number of carbonyl (C=O) groups excluding carboxylic acids is 2. The van der Waals surface area contributed by atoms with Crippen LogP contribution in [-0.4, -0.2) is 41.0 Å². The molecular weight excluding hydrogens is 414 g/mol. The minimum Gasteiger partial charge on any atom is -0.493 e. The third-order valence-corrected chi connectivity index (χ3v) is 6.24. The van der Waals surface area contributed by atoms with Crippen LogP contribution >= 0.6 is 11.6 Å². The largest absolute Gasteiger partial charge is 0.493 e. The Morgan fingerprint density at radius 3 is 2.65 bits per heavy atom. The molecule has 0 spiro atoms. The number of amides is 2. The number of benzene rings is 2. The fourth-order valence-corrected chi connectivity index (χ4v) is 4.64. The Bertz CT molecular complexity index is 1110. The highest BCUT2D eigenvalue weighted by Gasteiger charge is 2.40. The molecule has 0 unspecified atom stereocenters. The van der Waals surface area contributed by atoms with Crippen molar-refractivity contribution in [3.05, 3.63) is 65.3 Å². The molecule has 0 bridgehead atoms. The number of nitrogens with zero attached hydrogens (tertiary/aromatic N) is 2. The number of fused-ring (bicyclic) bond motifs is 1. The lowest BCUT2D eigenvalue weighted by molar-refractivity contribution is -0.122. The summed E-state index contributed by atoms with van der Waals surface area (Å²) in [6, 6.07) is 15.0. The topological polar surface area (TPSA) is 77.6 Å². The van der Waals surface area contributed by atoms with Gasteiger partial charge in [-0.25, -0.2) is 0 Å². The van der Waals surface area contributed by atoms with Gasteiger partial charge in [-0.1, -0.05) is 29.8 Å². The summed E-state index contributed by atoms with van der Waals surface area (Å²) in [6.45, 7) is 1.37. The van der Waals surface area contributed by atoms with E-state index >= 15 is 0 Å². The molecule has 3 aromatic rings. The van der Waals surface area contributed by atoms with Crippen LogP contribution in [0, 0.1) is 5.41 Å². The van der Waals surface area contributed by atoms with Crippen LogP contribution < -0.4 is 10.5 Å². The van der Waals surface area contributed by atoms with Crippen LogP contribution in [0.4, 0.5) is 0 Å². The average molecular weight is 440 g/mol. The summed E-state index contributed by atoms with van der Waals surface area (Å²) in [4.78, 5) is 27.2. The second-order valence-corrected chi connectivity index (χ2v) is 8.82. The predicted octanol–water partition coefficient (Wildman–Crippen LogP) is 4.01. The van der Waals surface area contributed by atoms with Crippen LogP contribution in [0.3, 0.4) is 0 Å². The highest BCUT2D eigenvalue weighted by molar-refractivity contribution is 6.30. The van der Waals surface area contributed by atoms with E-state index in [1.165, 1.54) is 0 Å². The second kappa shape index (κ2) is 8.63. The summed E-state index contributed by atoms with van der Waals surface area (Å²) in [7, 11) is 1.94. The average Bonchev–Trinajstić information content (AvgIpc) is 3.09. The number of primary amides is 1. The van der Waals surface area contributed by atoms with Crippen LogP contribution in [-0.2, 0) is 11.8 Å². The maximum atomic E-state index is 13.5. The Morgan fingerprint density at radius 1 is 1.16 bits per heavy atom. The minimum atomic E-state index is -0.524. The van der Waals surface area contributed by atoms with Crippen molar-refractivity contribution in [3.63, 3.8) is 0 Å². The maximum absolute atomic E-state index is 13.5. The van der Waals surface area contributed by atoms with Gasteiger partial charge in [0.25, 0.3) is 5.91 Å². The molecule has 1 atom stereocenters. The number of halogens is 1. The number of nitrogens with two attached hydrogens (primary N) is 1. The van der Waals surface area contributed by atoms with Crippen LogP contribution in [0.1, 0.15) is 29.6 Å². The first kappa shape index (κ1) is 21.2. The summed E-state index contributed by atoms with van der Waals surface area (Å²) in [5.74, 6) is 0.252. The molecule has 1 saturated heterocycles. The van der Waals surface area contributed by atoms with Gasteiger partial charge < -0.3 is 19.9 Å². The number of ether oxygens (including phenoxy) is 1. The molecule has 6 nitrogen and oxygen atoms in total. The minimum absolute atomic E-state index is 0.0307. The number of aryl methyl sites for hydroxylation is 1. The maximum Gasteiger partial charge on any atom is 0.256 e. The molecule has 31 heavy (non-hydrogen) atoms. The number of para-hydroxylation sites is 1. The summed E-state index contributed by atoms with van der Waals surface area (Å²) in [6.07, 6.45) is 3.60. The van der Waals surface area contributed by atoms with E-state index < -0.39 is 5.41 Å². The molecule has 2 N–H and O–H groups in total. The quantitative estimate of drug-likeness (QED) is 0.630. The van der Waals surface area contributed by atoms with Crippen molar-refractivity contribution in [1.82, 2.24) is 9.47 Å². The lowest BCUT2D eigenvalue weighted by atomic mass is 9.77. The van der Waals surface area contributed by atoms with Gasteiger partial charge in [0.1, 0.15) is 5.75 Å². The molecule has 0 saturated carbocycles. The summed E-state index contributed by atoms with van der Waals surface area (Å²) in [5.41, 5.74) is 6.75. The molecule has 2 aromatic carbocycles. The zero-order valence-electron chi connectivity index (χ0n) is 17.5. The highest BCUT2D eigenvalue weighted by atomic mass is 35.5. The van der Waals surface area contributed by atoms with E-state index in [1.807, 2.05) is 47.0 Å². The zero-order chi connectivity index (χ0) is 22.0. The first-order chi connectivity index (χ1) is 14.9. The fraction of sp³-hybridized carbons (Fsp3) is 0.333. The predicted molar refractivity (Wildman–Crippen MR) is 121 cm³/mol. The number of likely N-dealkylation sites (tertiary alicyclic amines) is 1. The molecule has 1 aliphatic heterocycles. The molecule has 162 valence electrons. The van der Waals surface area contributed by atoms with Crippen molar-refractivity contribution >= 4 is 34.3 Å². The Kier molecular flexibility index (Phi) is 5.92. The number of rotatable bonds is 6. The highest BCUT2D eigenvalue weighted by Crippen LogP contribution is 2.36. The molecular formula is C24H26ClN3O3. The van der Waals surface area contributed by atoms with Crippen LogP contribution in [0.15, 0.2) is 54.7 Å². The van der Waals surface area contributed by atoms with Crippen molar-refractivity contribution in [3.8, 4) is 5.75 Å². The van der Waals surface area contributed by atoms with E-state index in [0.29, 0.717) is 36.0 Å². The normalized spacial score (nSPS) is 18.8. The van der Waals surface area contributed by atoms with E-state index in [4.69, 9.17) is 22.1 Å². The van der Waals surface area contributed by atoms with Gasteiger partial charge in [0, 0.05) is 54.1 Å². The van der Waals surface area contributed by atoms with E-state index in [0.717, 1.165) is 23.7 Å². The van der Waals surface area contributed by atoms with Crippen LogP contribution in [0.5, 0.6) is 5.75 Å². The molecule has 4 rings (SSSR count). The molecule has 0 aliphatic carbocycles. The van der Waals surface area contributed by atoms with Gasteiger partial charge in [-0.15, -0.1) is 0 Å². The lowest BCUT2D eigenvalue weighted by Crippen LogP contribution is -2.50. The molecule has 1 aromatic heterocycles. The van der Waals surface area contributed by atoms with Crippen LogP contribution in [0.25, 0.3) is 10.9 Å². The van der Waals surface area contributed by atoms with Gasteiger partial charge in [0.05, 0.1) is 12.2 Å². The Labute approximate surface area is 186 Å². The van der Waals surface area contributed by atoms with Gasteiger partial charge in [0.15, 0.2) is 0 Å². The SMILES string of the molecule is Cn1cc(C(=O)N2CCC[C@](COc3ccc(Cl)cc3)(CC(N)=O)C2)c2ccccc21. The van der Waals surface area contributed by atoms with Gasteiger partial charge in [-0.2, -0.15) is 0 Å². The molecule has 1 fully saturated rings.